The van der Waals surface area contributed by atoms with E-state index >= 15 is 0 Å². The summed E-state index contributed by atoms with van der Waals surface area (Å²) in [5.74, 6) is 7.74. The minimum atomic E-state index is -0.147. The standard InChI is InChI=1S/C14H22N6/c1-14(2,3)13-17-11(19-16)9-12(18-13)20(8-4-7-15)10-5-6-10/h9-10H,4-6,8,16H2,1-3H3,(H,17,18,19). The van der Waals surface area contributed by atoms with E-state index in [1.54, 1.807) is 0 Å². The van der Waals surface area contributed by atoms with Gasteiger partial charge in [0.15, 0.2) is 0 Å². The maximum absolute atomic E-state index is 8.81. The molecule has 0 bridgehead atoms. The molecule has 1 aromatic heterocycles. The molecule has 1 fully saturated rings. The van der Waals surface area contributed by atoms with Crippen LogP contribution in [-0.2, 0) is 5.41 Å². The van der Waals surface area contributed by atoms with E-state index in [-0.39, 0.29) is 5.41 Å². The number of aromatic nitrogens is 2. The van der Waals surface area contributed by atoms with Gasteiger partial charge in [-0.1, -0.05) is 20.8 Å². The lowest BCUT2D eigenvalue weighted by atomic mass is 9.96. The molecule has 0 unspecified atom stereocenters. The van der Waals surface area contributed by atoms with E-state index in [0.717, 1.165) is 24.5 Å². The predicted octanol–water partition coefficient (Wildman–Crippen LogP) is 1.94. The molecule has 1 aromatic rings. The van der Waals surface area contributed by atoms with Gasteiger partial charge in [-0.25, -0.2) is 15.8 Å². The average molecular weight is 274 g/mol. The van der Waals surface area contributed by atoms with E-state index in [4.69, 9.17) is 11.1 Å². The van der Waals surface area contributed by atoms with Crippen molar-refractivity contribution in [3.8, 4) is 6.07 Å². The Bertz CT molecular complexity index is 509. The second kappa shape index (κ2) is 5.63. The van der Waals surface area contributed by atoms with Crippen molar-refractivity contribution in [1.29, 1.82) is 5.26 Å². The second-order valence-corrected chi connectivity index (χ2v) is 6.16. The quantitative estimate of drug-likeness (QED) is 0.630. The minimum absolute atomic E-state index is 0.147. The Hall–Kier alpha value is -1.87. The number of hydrogen-bond acceptors (Lipinski definition) is 6. The highest BCUT2D eigenvalue weighted by atomic mass is 15.3. The topological polar surface area (TPSA) is 90.9 Å². The smallest absolute Gasteiger partial charge is 0.145 e. The minimum Gasteiger partial charge on any atom is -0.352 e. The molecule has 0 saturated heterocycles. The monoisotopic (exact) mass is 274 g/mol. The molecule has 1 aliphatic rings. The number of nitriles is 1. The lowest BCUT2D eigenvalue weighted by molar-refractivity contribution is 0.544. The summed E-state index contributed by atoms with van der Waals surface area (Å²) in [4.78, 5) is 11.3. The van der Waals surface area contributed by atoms with E-state index in [0.29, 0.717) is 24.8 Å². The van der Waals surface area contributed by atoms with Gasteiger partial charge in [0.2, 0.25) is 0 Å². The van der Waals surface area contributed by atoms with Crippen LogP contribution >= 0.6 is 0 Å². The van der Waals surface area contributed by atoms with Gasteiger partial charge in [0.05, 0.1) is 12.5 Å². The summed E-state index contributed by atoms with van der Waals surface area (Å²) in [6, 6.07) is 4.55. The highest BCUT2D eigenvalue weighted by molar-refractivity contribution is 5.51. The third-order valence-electron chi connectivity index (χ3n) is 3.28. The van der Waals surface area contributed by atoms with E-state index in [1.807, 2.05) is 6.07 Å². The molecule has 0 spiro atoms. The third kappa shape index (κ3) is 3.36. The number of hydrogen-bond donors (Lipinski definition) is 2. The van der Waals surface area contributed by atoms with Gasteiger partial charge in [0.1, 0.15) is 17.5 Å². The van der Waals surface area contributed by atoms with Crippen molar-refractivity contribution in [2.75, 3.05) is 16.9 Å². The molecule has 0 radical (unpaired) electrons. The van der Waals surface area contributed by atoms with Gasteiger partial charge >= 0.3 is 0 Å². The number of nitrogens with zero attached hydrogens (tertiary/aromatic N) is 4. The summed E-state index contributed by atoms with van der Waals surface area (Å²) in [7, 11) is 0. The lowest BCUT2D eigenvalue weighted by Gasteiger charge is -2.25. The first-order valence-corrected chi connectivity index (χ1v) is 6.95. The summed E-state index contributed by atoms with van der Waals surface area (Å²) in [6.45, 7) is 6.92. The van der Waals surface area contributed by atoms with Crippen LogP contribution in [0.5, 0.6) is 0 Å². The Morgan fingerprint density at radius 3 is 2.65 bits per heavy atom. The zero-order valence-corrected chi connectivity index (χ0v) is 12.3. The van der Waals surface area contributed by atoms with Crippen molar-refractivity contribution in [1.82, 2.24) is 9.97 Å². The van der Waals surface area contributed by atoms with Gasteiger partial charge in [-0.3, -0.25) is 0 Å². The number of rotatable bonds is 5. The van der Waals surface area contributed by atoms with Gasteiger partial charge < -0.3 is 10.3 Å². The van der Waals surface area contributed by atoms with Crippen LogP contribution < -0.4 is 16.2 Å². The van der Waals surface area contributed by atoms with E-state index in [1.165, 1.54) is 0 Å². The highest BCUT2D eigenvalue weighted by Gasteiger charge is 2.31. The molecule has 0 aliphatic heterocycles. The van der Waals surface area contributed by atoms with Crippen molar-refractivity contribution >= 4 is 11.6 Å². The number of hydrazine groups is 1. The average Bonchev–Trinajstić information content (AvgIpc) is 3.22. The van der Waals surface area contributed by atoms with E-state index in [2.05, 4.69) is 47.1 Å². The zero-order chi connectivity index (χ0) is 14.8. The number of nitrogen functional groups attached to an aromatic ring is 1. The molecule has 0 amide bonds. The summed E-state index contributed by atoms with van der Waals surface area (Å²) < 4.78 is 0. The van der Waals surface area contributed by atoms with Crippen LogP contribution in [0.4, 0.5) is 11.6 Å². The van der Waals surface area contributed by atoms with Gasteiger partial charge in [-0.05, 0) is 12.8 Å². The van der Waals surface area contributed by atoms with Crippen molar-refractivity contribution in [3.63, 3.8) is 0 Å². The predicted molar refractivity (Wildman–Crippen MR) is 79.1 cm³/mol. The van der Waals surface area contributed by atoms with Crippen LogP contribution in [0.3, 0.4) is 0 Å². The van der Waals surface area contributed by atoms with Crippen LogP contribution in [0.15, 0.2) is 6.07 Å². The van der Waals surface area contributed by atoms with Crippen LogP contribution in [0.25, 0.3) is 0 Å². The van der Waals surface area contributed by atoms with Crippen LogP contribution in [-0.4, -0.2) is 22.6 Å². The van der Waals surface area contributed by atoms with Gasteiger partial charge in [-0.2, -0.15) is 5.26 Å². The van der Waals surface area contributed by atoms with Crippen molar-refractivity contribution < 1.29 is 0 Å². The number of nitrogens with two attached hydrogens (primary N) is 1. The van der Waals surface area contributed by atoms with Gasteiger partial charge in [-0.15, -0.1) is 0 Å². The first kappa shape index (κ1) is 14.5. The third-order valence-corrected chi connectivity index (χ3v) is 3.28. The highest BCUT2D eigenvalue weighted by Crippen LogP contribution is 2.32. The first-order valence-electron chi connectivity index (χ1n) is 6.95. The fraction of sp³-hybridized carbons (Fsp3) is 0.643. The number of anilines is 2. The van der Waals surface area contributed by atoms with Gasteiger partial charge in [0.25, 0.3) is 0 Å². The molecule has 1 saturated carbocycles. The second-order valence-electron chi connectivity index (χ2n) is 6.16. The molecule has 108 valence electrons. The molecule has 0 aromatic carbocycles. The molecule has 0 atom stereocenters. The Morgan fingerprint density at radius 1 is 1.45 bits per heavy atom. The summed E-state index contributed by atoms with van der Waals surface area (Å²) in [5.41, 5.74) is 2.46. The molecular formula is C14H22N6. The molecule has 6 nitrogen and oxygen atoms in total. The van der Waals surface area contributed by atoms with Crippen LogP contribution in [0, 0.1) is 11.3 Å². The Balaban J connectivity index is 2.35. The maximum Gasteiger partial charge on any atom is 0.145 e. The van der Waals surface area contributed by atoms with Crippen molar-refractivity contribution in [2.45, 2.75) is 51.5 Å². The molecule has 20 heavy (non-hydrogen) atoms. The van der Waals surface area contributed by atoms with Crippen LogP contribution in [0.2, 0.25) is 0 Å². The first-order chi connectivity index (χ1) is 9.45. The molecule has 2 rings (SSSR count). The SMILES string of the molecule is CC(C)(C)c1nc(NN)cc(N(CCC#N)C2CC2)n1. The normalized spacial score (nSPS) is 14.8. The fourth-order valence-corrected chi connectivity index (χ4v) is 2.03. The Kier molecular flexibility index (Phi) is 4.09. The Labute approximate surface area is 120 Å². The van der Waals surface area contributed by atoms with E-state index in [9.17, 15) is 0 Å². The molecular weight excluding hydrogens is 252 g/mol. The van der Waals surface area contributed by atoms with Crippen LogP contribution in [0.1, 0.15) is 45.9 Å². The largest absolute Gasteiger partial charge is 0.352 e. The van der Waals surface area contributed by atoms with E-state index < -0.39 is 0 Å². The summed E-state index contributed by atoms with van der Waals surface area (Å²) in [5, 5.41) is 8.81. The maximum atomic E-state index is 8.81. The fourth-order valence-electron chi connectivity index (χ4n) is 2.03. The molecule has 6 heteroatoms. The molecule has 1 aliphatic carbocycles. The Morgan fingerprint density at radius 2 is 2.15 bits per heavy atom. The summed E-state index contributed by atoms with van der Waals surface area (Å²) >= 11 is 0. The van der Waals surface area contributed by atoms with Crippen molar-refractivity contribution in [3.05, 3.63) is 11.9 Å². The zero-order valence-electron chi connectivity index (χ0n) is 12.3. The summed E-state index contributed by atoms with van der Waals surface area (Å²) in [6.07, 6.45) is 2.81. The lowest BCUT2D eigenvalue weighted by Crippen LogP contribution is -2.29. The van der Waals surface area contributed by atoms with Gasteiger partial charge in [0, 0.05) is 24.1 Å². The molecule has 3 N–H and O–H groups in total. The van der Waals surface area contributed by atoms with Crippen molar-refractivity contribution in [2.24, 2.45) is 5.84 Å². The number of nitrogens with one attached hydrogen (secondary N) is 1. The molecule has 1 heterocycles.